The van der Waals surface area contributed by atoms with Crippen molar-refractivity contribution < 1.29 is 9.53 Å². The Morgan fingerprint density at radius 1 is 1.08 bits per heavy atom. The Morgan fingerprint density at radius 3 is 2.52 bits per heavy atom. The summed E-state index contributed by atoms with van der Waals surface area (Å²) in [6, 6.07) is 12.7. The number of benzene rings is 1. The molecule has 3 N–H and O–H groups in total. The molecule has 5 nitrogen and oxygen atoms in total. The maximum absolute atomic E-state index is 12.5. The highest BCUT2D eigenvalue weighted by molar-refractivity contribution is 5.98. The Bertz CT molecular complexity index is 677. The molecule has 1 aliphatic carbocycles. The van der Waals surface area contributed by atoms with E-state index in [1.54, 1.807) is 18.3 Å². The van der Waals surface area contributed by atoms with Gasteiger partial charge in [0.25, 0.3) is 0 Å². The number of carbonyl (C=O) groups excluding carboxylic acids is 1. The normalized spacial score (nSPS) is 15.2. The summed E-state index contributed by atoms with van der Waals surface area (Å²) in [6.45, 7) is 0. The van der Waals surface area contributed by atoms with Crippen molar-refractivity contribution in [1.29, 1.82) is 0 Å². The molecule has 1 heterocycles. The highest BCUT2D eigenvalue weighted by Crippen LogP contribution is 2.28. The second-order valence-corrected chi connectivity index (χ2v) is 5.97. The Labute approximate surface area is 160 Å². The number of halogens is 2. The second-order valence-electron chi connectivity index (χ2n) is 5.97. The largest absolute Gasteiger partial charge is 0.439 e. The van der Waals surface area contributed by atoms with Crippen molar-refractivity contribution >= 4 is 36.4 Å². The summed E-state index contributed by atoms with van der Waals surface area (Å²) in [5, 5.41) is 2.91. The lowest BCUT2D eigenvalue weighted by Crippen LogP contribution is -2.52. The summed E-state index contributed by atoms with van der Waals surface area (Å²) in [6.07, 6.45) is 6.31. The highest BCUT2D eigenvalue weighted by atomic mass is 35.5. The average molecular weight is 384 g/mol. The molecule has 0 saturated heterocycles. The highest BCUT2D eigenvalue weighted by Gasteiger charge is 2.35. The Morgan fingerprint density at radius 2 is 1.84 bits per heavy atom. The van der Waals surface area contributed by atoms with Crippen molar-refractivity contribution in [2.24, 2.45) is 5.73 Å². The van der Waals surface area contributed by atoms with Crippen LogP contribution >= 0.6 is 24.8 Å². The zero-order chi connectivity index (χ0) is 16.1. The van der Waals surface area contributed by atoms with Gasteiger partial charge in [0, 0.05) is 24.0 Å². The van der Waals surface area contributed by atoms with Crippen molar-refractivity contribution in [1.82, 2.24) is 4.98 Å². The maximum atomic E-state index is 12.5. The molecule has 0 unspecified atom stereocenters. The van der Waals surface area contributed by atoms with E-state index in [0.29, 0.717) is 17.3 Å². The fraction of sp³-hybridized carbons (Fsp3) is 0.333. The molecule has 1 aromatic carbocycles. The minimum absolute atomic E-state index is 0. The van der Waals surface area contributed by atoms with Gasteiger partial charge in [0.15, 0.2) is 0 Å². The molecule has 1 saturated carbocycles. The van der Waals surface area contributed by atoms with Crippen LogP contribution in [-0.4, -0.2) is 16.4 Å². The van der Waals surface area contributed by atoms with Gasteiger partial charge in [-0.1, -0.05) is 31.4 Å². The van der Waals surface area contributed by atoms with Crippen LogP contribution in [0.2, 0.25) is 0 Å². The predicted octanol–water partition coefficient (Wildman–Crippen LogP) is 4.32. The van der Waals surface area contributed by atoms with Gasteiger partial charge in [-0.15, -0.1) is 24.8 Å². The van der Waals surface area contributed by atoms with Crippen molar-refractivity contribution in [3.8, 4) is 11.6 Å². The third-order valence-electron chi connectivity index (χ3n) is 4.15. The van der Waals surface area contributed by atoms with E-state index in [0.717, 1.165) is 32.1 Å². The first-order chi connectivity index (χ1) is 11.2. The van der Waals surface area contributed by atoms with E-state index in [1.807, 2.05) is 30.3 Å². The zero-order valence-corrected chi connectivity index (χ0v) is 15.4. The number of nitrogens with two attached hydrogens (primary N) is 1. The number of hydrogen-bond acceptors (Lipinski definition) is 4. The molecule has 1 aromatic heterocycles. The lowest BCUT2D eigenvalue weighted by molar-refractivity contribution is -0.122. The van der Waals surface area contributed by atoms with Gasteiger partial charge in [-0.3, -0.25) is 4.79 Å². The minimum atomic E-state index is -0.754. The average Bonchev–Trinajstić information content (AvgIpc) is 2.57. The Balaban J connectivity index is 0.00000156. The number of amides is 1. The van der Waals surface area contributed by atoms with Crippen molar-refractivity contribution in [3.63, 3.8) is 0 Å². The molecule has 1 fully saturated rings. The van der Waals surface area contributed by atoms with Crippen molar-refractivity contribution in [2.75, 3.05) is 5.32 Å². The van der Waals surface area contributed by atoms with Gasteiger partial charge in [0.1, 0.15) is 5.75 Å². The van der Waals surface area contributed by atoms with Crippen LogP contribution in [0.5, 0.6) is 11.6 Å². The van der Waals surface area contributed by atoms with Gasteiger partial charge in [0.2, 0.25) is 11.8 Å². The summed E-state index contributed by atoms with van der Waals surface area (Å²) >= 11 is 0. The number of rotatable bonds is 4. The summed E-state index contributed by atoms with van der Waals surface area (Å²) in [7, 11) is 0. The zero-order valence-electron chi connectivity index (χ0n) is 13.8. The number of pyridine rings is 1. The standard InChI is InChI=1S/C18H21N3O2.2ClH/c19-18(10-3-1-4-11-18)17(22)21-14-7-6-8-15(13-14)23-16-9-2-5-12-20-16;;/h2,5-9,12-13H,1,3-4,10-11,19H2,(H,21,22);2*1H. The first-order valence-corrected chi connectivity index (χ1v) is 7.95. The van der Waals surface area contributed by atoms with Crippen LogP contribution in [0.15, 0.2) is 48.7 Å². The molecule has 3 rings (SSSR count). The van der Waals surface area contributed by atoms with Crippen LogP contribution in [0.4, 0.5) is 5.69 Å². The first-order valence-electron chi connectivity index (χ1n) is 7.95. The van der Waals surface area contributed by atoms with Crippen LogP contribution in [-0.2, 0) is 4.79 Å². The SMILES string of the molecule is Cl.Cl.NC1(C(=O)Nc2cccc(Oc3ccccn3)c2)CCCCC1. The van der Waals surface area contributed by atoms with Gasteiger partial charge >= 0.3 is 0 Å². The summed E-state index contributed by atoms with van der Waals surface area (Å²) in [5.41, 5.74) is 6.18. The smallest absolute Gasteiger partial charge is 0.244 e. The third-order valence-corrected chi connectivity index (χ3v) is 4.15. The lowest BCUT2D eigenvalue weighted by Gasteiger charge is -2.31. The van der Waals surface area contributed by atoms with E-state index in [1.165, 1.54) is 0 Å². The van der Waals surface area contributed by atoms with Gasteiger partial charge in [0.05, 0.1) is 5.54 Å². The quantitative estimate of drug-likeness (QED) is 0.823. The van der Waals surface area contributed by atoms with Gasteiger partial charge in [-0.2, -0.15) is 0 Å². The van der Waals surface area contributed by atoms with Gasteiger partial charge in [-0.05, 0) is 31.0 Å². The number of nitrogens with one attached hydrogen (secondary N) is 1. The van der Waals surface area contributed by atoms with E-state index in [-0.39, 0.29) is 30.7 Å². The number of anilines is 1. The predicted molar refractivity (Wildman–Crippen MR) is 104 cm³/mol. The molecule has 136 valence electrons. The Kier molecular flexibility index (Phi) is 8.16. The summed E-state index contributed by atoms with van der Waals surface area (Å²) in [5.74, 6) is 1.02. The van der Waals surface area contributed by atoms with Crippen LogP contribution in [0, 0.1) is 0 Å². The number of carbonyl (C=O) groups is 1. The number of ether oxygens (including phenoxy) is 1. The fourth-order valence-electron chi connectivity index (χ4n) is 2.83. The van der Waals surface area contributed by atoms with E-state index >= 15 is 0 Å². The third kappa shape index (κ3) is 5.59. The molecule has 1 aliphatic rings. The number of nitrogens with zero attached hydrogens (tertiary/aromatic N) is 1. The number of aromatic nitrogens is 1. The summed E-state index contributed by atoms with van der Waals surface area (Å²) in [4.78, 5) is 16.6. The number of hydrogen-bond donors (Lipinski definition) is 2. The van der Waals surface area contributed by atoms with E-state index < -0.39 is 5.54 Å². The minimum Gasteiger partial charge on any atom is -0.439 e. The van der Waals surface area contributed by atoms with E-state index in [9.17, 15) is 4.79 Å². The van der Waals surface area contributed by atoms with Crippen LogP contribution < -0.4 is 15.8 Å². The van der Waals surface area contributed by atoms with Crippen LogP contribution in [0.3, 0.4) is 0 Å². The molecule has 1 amide bonds. The molecule has 0 spiro atoms. The lowest BCUT2D eigenvalue weighted by atomic mass is 9.82. The molecular formula is C18H23Cl2N3O2. The topological polar surface area (TPSA) is 77.2 Å². The van der Waals surface area contributed by atoms with Crippen molar-refractivity contribution in [3.05, 3.63) is 48.7 Å². The van der Waals surface area contributed by atoms with Crippen LogP contribution in [0.1, 0.15) is 32.1 Å². The molecule has 0 radical (unpaired) electrons. The van der Waals surface area contributed by atoms with E-state index in [2.05, 4.69) is 10.3 Å². The van der Waals surface area contributed by atoms with E-state index in [4.69, 9.17) is 10.5 Å². The molecule has 2 aromatic rings. The second kappa shape index (κ2) is 9.61. The van der Waals surface area contributed by atoms with Crippen molar-refractivity contribution in [2.45, 2.75) is 37.6 Å². The molecule has 0 bridgehead atoms. The maximum Gasteiger partial charge on any atom is 0.244 e. The molecule has 0 aliphatic heterocycles. The fourth-order valence-corrected chi connectivity index (χ4v) is 2.83. The molecule has 7 heteroatoms. The Hall–Kier alpha value is -1.82. The summed E-state index contributed by atoms with van der Waals surface area (Å²) < 4.78 is 5.68. The molecular weight excluding hydrogens is 361 g/mol. The molecule has 0 atom stereocenters. The van der Waals surface area contributed by atoms with Gasteiger partial charge in [-0.25, -0.2) is 4.98 Å². The van der Waals surface area contributed by atoms with Crippen LogP contribution in [0.25, 0.3) is 0 Å². The van der Waals surface area contributed by atoms with Gasteiger partial charge < -0.3 is 15.8 Å². The monoisotopic (exact) mass is 383 g/mol. The first kappa shape index (κ1) is 21.2. The molecule has 25 heavy (non-hydrogen) atoms.